The summed E-state index contributed by atoms with van der Waals surface area (Å²) in [5.41, 5.74) is 3.30. The van der Waals surface area contributed by atoms with Crippen molar-refractivity contribution in [3.63, 3.8) is 0 Å². The van der Waals surface area contributed by atoms with E-state index >= 15 is 0 Å². The zero-order chi connectivity index (χ0) is 15.4. The monoisotopic (exact) mass is 296 g/mol. The highest BCUT2D eigenvalue weighted by Gasteiger charge is 2.18. The van der Waals surface area contributed by atoms with E-state index in [2.05, 4.69) is 5.43 Å². The Bertz CT molecular complexity index is 611. The molecular weight excluding hydrogens is 281 g/mol. The number of benzene rings is 2. The van der Waals surface area contributed by atoms with Gasteiger partial charge in [-0.25, -0.2) is 18.6 Å². The molecule has 0 saturated heterocycles. The molecule has 112 valence electrons. The van der Waals surface area contributed by atoms with Gasteiger partial charge in [0.1, 0.15) is 5.75 Å². The first kappa shape index (κ1) is 15.3. The van der Waals surface area contributed by atoms with Gasteiger partial charge in [-0.3, -0.25) is 5.84 Å². The van der Waals surface area contributed by atoms with Crippen LogP contribution in [0, 0.1) is 17.5 Å². The van der Waals surface area contributed by atoms with E-state index in [-0.39, 0.29) is 5.56 Å². The first-order valence-electron chi connectivity index (χ1n) is 6.40. The molecular formula is C15H15F3N2O. The molecule has 0 radical (unpaired) electrons. The summed E-state index contributed by atoms with van der Waals surface area (Å²) >= 11 is 0. The number of nitrogens with two attached hydrogens (primary N) is 1. The van der Waals surface area contributed by atoms with Gasteiger partial charge in [0, 0.05) is 0 Å². The molecule has 0 spiro atoms. The predicted octanol–water partition coefficient (Wildman–Crippen LogP) is 3.06. The van der Waals surface area contributed by atoms with E-state index in [1.54, 1.807) is 24.3 Å². The molecule has 2 rings (SSSR count). The van der Waals surface area contributed by atoms with Crippen LogP contribution in [0.15, 0.2) is 36.4 Å². The third-order valence-corrected chi connectivity index (χ3v) is 3.01. The maximum Gasteiger partial charge on any atom is 0.194 e. The van der Waals surface area contributed by atoms with Crippen LogP contribution in [0.2, 0.25) is 0 Å². The Labute approximate surface area is 120 Å². The van der Waals surface area contributed by atoms with Gasteiger partial charge >= 0.3 is 0 Å². The number of ether oxygens (including phenoxy) is 1. The number of hydrogen-bond acceptors (Lipinski definition) is 3. The highest BCUT2D eigenvalue weighted by Crippen LogP contribution is 2.27. The van der Waals surface area contributed by atoms with Crippen molar-refractivity contribution in [1.29, 1.82) is 0 Å². The minimum absolute atomic E-state index is 0.183. The number of nitrogens with one attached hydrogen (secondary N) is 1. The lowest BCUT2D eigenvalue weighted by molar-refractivity contribution is 0.339. The molecule has 1 atom stereocenters. The van der Waals surface area contributed by atoms with E-state index in [0.29, 0.717) is 17.9 Å². The van der Waals surface area contributed by atoms with Crippen LogP contribution in [0.3, 0.4) is 0 Å². The van der Waals surface area contributed by atoms with Crippen LogP contribution in [0.1, 0.15) is 24.1 Å². The molecule has 6 heteroatoms. The van der Waals surface area contributed by atoms with Gasteiger partial charge in [-0.05, 0) is 42.3 Å². The van der Waals surface area contributed by atoms with E-state index in [4.69, 9.17) is 10.6 Å². The van der Waals surface area contributed by atoms with Crippen LogP contribution >= 0.6 is 0 Å². The molecule has 3 nitrogen and oxygen atoms in total. The van der Waals surface area contributed by atoms with Crippen LogP contribution in [-0.4, -0.2) is 6.61 Å². The number of hydrogen-bond donors (Lipinski definition) is 2. The summed E-state index contributed by atoms with van der Waals surface area (Å²) < 4.78 is 45.1. The first-order valence-corrected chi connectivity index (χ1v) is 6.40. The van der Waals surface area contributed by atoms with Gasteiger partial charge in [0.15, 0.2) is 17.5 Å². The molecule has 0 fully saturated rings. The van der Waals surface area contributed by atoms with Crippen molar-refractivity contribution in [3.8, 4) is 5.75 Å². The Hall–Kier alpha value is -2.05. The molecule has 21 heavy (non-hydrogen) atoms. The van der Waals surface area contributed by atoms with Crippen LogP contribution in [0.5, 0.6) is 5.75 Å². The molecule has 1 unspecified atom stereocenters. The smallest absolute Gasteiger partial charge is 0.194 e. The summed E-state index contributed by atoms with van der Waals surface area (Å²) in [6.45, 7) is 2.33. The average molecular weight is 296 g/mol. The standard InChI is InChI=1S/C15H15F3N2O/c1-2-21-11-5-3-4-9(6-11)15(20-19)10-7-12(16)14(18)13(17)8-10/h3-8,15,20H,2,19H2,1H3. The summed E-state index contributed by atoms with van der Waals surface area (Å²) in [5.74, 6) is 2.06. The second-order valence-corrected chi connectivity index (χ2v) is 4.40. The predicted molar refractivity (Wildman–Crippen MR) is 73.1 cm³/mol. The van der Waals surface area contributed by atoms with Crippen molar-refractivity contribution < 1.29 is 17.9 Å². The van der Waals surface area contributed by atoms with Crippen molar-refractivity contribution >= 4 is 0 Å². The van der Waals surface area contributed by atoms with Crippen molar-refractivity contribution in [2.45, 2.75) is 13.0 Å². The second-order valence-electron chi connectivity index (χ2n) is 4.40. The fraction of sp³-hybridized carbons (Fsp3) is 0.200. The molecule has 2 aromatic rings. The molecule has 3 N–H and O–H groups in total. The highest BCUT2D eigenvalue weighted by molar-refractivity contribution is 5.37. The van der Waals surface area contributed by atoms with Crippen LogP contribution in [-0.2, 0) is 0 Å². The highest BCUT2D eigenvalue weighted by atomic mass is 19.2. The zero-order valence-electron chi connectivity index (χ0n) is 11.4. The largest absolute Gasteiger partial charge is 0.494 e. The van der Waals surface area contributed by atoms with Gasteiger partial charge in [-0.2, -0.15) is 0 Å². The average Bonchev–Trinajstić information content (AvgIpc) is 2.46. The fourth-order valence-electron chi connectivity index (χ4n) is 2.08. The minimum atomic E-state index is -1.50. The second kappa shape index (κ2) is 6.60. The quantitative estimate of drug-likeness (QED) is 0.506. The summed E-state index contributed by atoms with van der Waals surface area (Å²) in [5, 5.41) is 0. The minimum Gasteiger partial charge on any atom is -0.494 e. The summed E-state index contributed by atoms with van der Waals surface area (Å²) in [4.78, 5) is 0. The summed E-state index contributed by atoms with van der Waals surface area (Å²) in [6, 6.07) is 8.06. The SMILES string of the molecule is CCOc1cccc(C(NN)c2cc(F)c(F)c(F)c2)c1. The molecule has 0 heterocycles. The normalized spacial score (nSPS) is 12.2. The maximum absolute atomic E-state index is 13.3. The topological polar surface area (TPSA) is 47.3 Å². The van der Waals surface area contributed by atoms with E-state index in [0.717, 1.165) is 12.1 Å². The third-order valence-electron chi connectivity index (χ3n) is 3.01. The fourth-order valence-corrected chi connectivity index (χ4v) is 2.08. The molecule has 0 bridgehead atoms. The van der Waals surface area contributed by atoms with Crippen LogP contribution in [0.25, 0.3) is 0 Å². The number of halogens is 3. The Morgan fingerprint density at radius 3 is 2.33 bits per heavy atom. The molecule has 0 aliphatic heterocycles. The number of rotatable bonds is 5. The van der Waals surface area contributed by atoms with Gasteiger partial charge in [0.2, 0.25) is 0 Å². The number of hydrazine groups is 1. The summed E-state index contributed by atoms with van der Waals surface area (Å²) in [6.07, 6.45) is 0. The van der Waals surface area contributed by atoms with Crippen molar-refractivity contribution in [3.05, 3.63) is 65.0 Å². The van der Waals surface area contributed by atoms with Crippen molar-refractivity contribution in [2.24, 2.45) is 5.84 Å². The first-order chi connectivity index (χ1) is 10.1. The van der Waals surface area contributed by atoms with Gasteiger partial charge in [-0.15, -0.1) is 0 Å². The van der Waals surface area contributed by atoms with Gasteiger partial charge < -0.3 is 4.74 Å². The van der Waals surface area contributed by atoms with Crippen LogP contribution in [0.4, 0.5) is 13.2 Å². The lowest BCUT2D eigenvalue weighted by Crippen LogP contribution is -2.29. The Kier molecular flexibility index (Phi) is 4.82. The van der Waals surface area contributed by atoms with E-state index in [1.807, 2.05) is 6.92 Å². The van der Waals surface area contributed by atoms with E-state index in [9.17, 15) is 13.2 Å². The van der Waals surface area contributed by atoms with Crippen molar-refractivity contribution in [2.75, 3.05) is 6.61 Å². The summed E-state index contributed by atoms with van der Waals surface area (Å²) in [7, 11) is 0. The lowest BCUT2D eigenvalue weighted by Gasteiger charge is -2.18. The Balaban J connectivity index is 2.42. The maximum atomic E-state index is 13.3. The van der Waals surface area contributed by atoms with Crippen molar-refractivity contribution in [1.82, 2.24) is 5.43 Å². The third kappa shape index (κ3) is 3.34. The molecule has 0 aliphatic carbocycles. The molecule has 0 amide bonds. The van der Waals surface area contributed by atoms with Crippen LogP contribution < -0.4 is 16.0 Å². The van der Waals surface area contributed by atoms with E-state index in [1.165, 1.54) is 0 Å². The molecule has 0 saturated carbocycles. The van der Waals surface area contributed by atoms with Gasteiger partial charge in [0.25, 0.3) is 0 Å². The lowest BCUT2D eigenvalue weighted by atomic mass is 9.98. The molecule has 2 aromatic carbocycles. The Morgan fingerprint density at radius 1 is 1.10 bits per heavy atom. The molecule has 0 aromatic heterocycles. The zero-order valence-corrected chi connectivity index (χ0v) is 11.4. The van der Waals surface area contributed by atoms with E-state index < -0.39 is 23.5 Å². The van der Waals surface area contributed by atoms with Gasteiger partial charge in [0.05, 0.1) is 12.6 Å². The van der Waals surface area contributed by atoms with Gasteiger partial charge in [-0.1, -0.05) is 12.1 Å². The molecule has 0 aliphatic rings. The Morgan fingerprint density at radius 2 is 1.76 bits per heavy atom.